The molecule has 0 unspecified atom stereocenters. The van der Waals surface area contributed by atoms with Crippen LogP contribution in [0, 0.1) is 0 Å². The van der Waals surface area contributed by atoms with Gasteiger partial charge in [0.1, 0.15) is 5.82 Å². The summed E-state index contributed by atoms with van der Waals surface area (Å²) in [5, 5.41) is 7.62. The molecule has 0 aliphatic rings. The molecular formula is C49H33N3S. The molecule has 0 bridgehead atoms. The molecule has 0 amide bonds. The van der Waals surface area contributed by atoms with E-state index in [9.17, 15) is 0 Å². The minimum atomic E-state index is 0.851. The lowest BCUT2D eigenvalue weighted by Crippen LogP contribution is -2.14. The second-order valence-corrected chi connectivity index (χ2v) is 14.4. The highest BCUT2D eigenvalue weighted by atomic mass is 32.1. The lowest BCUT2D eigenvalue weighted by molar-refractivity contribution is 1.18. The Morgan fingerprint density at radius 3 is 1.70 bits per heavy atom. The maximum Gasteiger partial charge on any atom is 0.137 e. The maximum atomic E-state index is 5.01. The van der Waals surface area contributed by atoms with E-state index < -0.39 is 0 Å². The summed E-state index contributed by atoms with van der Waals surface area (Å²) in [6.07, 6.45) is 1.97. The molecule has 3 nitrogen and oxygen atoms in total. The van der Waals surface area contributed by atoms with Gasteiger partial charge >= 0.3 is 0 Å². The quantitative estimate of drug-likeness (QED) is 0.155. The van der Waals surface area contributed by atoms with E-state index >= 15 is 0 Å². The van der Waals surface area contributed by atoms with E-state index in [0.717, 1.165) is 45.4 Å². The largest absolute Gasteiger partial charge is 0.310 e. The normalized spacial score (nSPS) is 11.4. The summed E-state index contributed by atoms with van der Waals surface area (Å²) in [6.45, 7) is 0. The third-order valence-corrected chi connectivity index (χ3v) is 11.2. The molecule has 0 aliphatic carbocycles. The second kappa shape index (κ2) is 13.1. The molecule has 10 aromatic rings. The number of para-hydroxylation sites is 2. The summed E-state index contributed by atoms with van der Waals surface area (Å²) in [5.41, 5.74) is 7.54. The Morgan fingerprint density at radius 1 is 0.340 bits per heavy atom. The summed E-state index contributed by atoms with van der Waals surface area (Å²) in [5.74, 6) is 0.851. The molecule has 8 aromatic carbocycles. The van der Waals surface area contributed by atoms with Crippen LogP contribution in [0.2, 0.25) is 0 Å². The molecule has 4 heteroatoms. The zero-order valence-corrected chi connectivity index (χ0v) is 29.6. The molecule has 2 heterocycles. The number of pyridine rings is 1. The molecular weight excluding hydrogens is 663 g/mol. The van der Waals surface area contributed by atoms with Gasteiger partial charge in [0.2, 0.25) is 0 Å². The van der Waals surface area contributed by atoms with E-state index in [1.165, 1.54) is 41.7 Å². The average Bonchev–Trinajstić information content (AvgIpc) is 3.59. The van der Waals surface area contributed by atoms with Gasteiger partial charge in [-0.05, 0) is 112 Å². The Bertz CT molecular complexity index is 2890. The van der Waals surface area contributed by atoms with Crippen LogP contribution in [0.5, 0.6) is 0 Å². The predicted octanol–water partition coefficient (Wildman–Crippen LogP) is 14.4. The highest BCUT2D eigenvalue weighted by Crippen LogP contribution is 2.43. The molecule has 0 radical (unpaired) electrons. The maximum absolute atomic E-state index is 5.01. The van der Waals surface area contributed by atoms with Gasteiger partial charge < -0.3 is 4.90 Å². The van der Waals surface area contributed by atoms with Crippen molar-refractivity contribution in [3.8, 4) is 11.1 Å². The standard InChI is InChI=1S/C49H33N3S/c1-4-13-34(14-5-1)37-26-28-49(50-33-37)52(39-17-8-3-9-18-39)41-20-12-19-40(30-41)51(38-15-6-2-7-16-38)42-27-25-35-23-24-36-29-48-46(32-45(36)44(35)31-42)43-21-10-11-22-47(43)53-48/h1-33H. The third kappa shape index (κ3) is 5.66. The van der Waals surface area contributed by atoms with E-state index in [2.05, 4.69) is 198 Å². The smallest absolute Gasteiger partial charge is 0.137 e. The zero-order chi connectivity index (χ0) is 35.1. The van der Waals surface area contributed by atoms with Crippen LogP contribution in [0.3, 0.4) is 0 Å². The minimum Gasteiger partial charge on any atom is -0.310 e. The fourth-order valence-corrected chi connectivity index (χ4v) is 8.64. The van der Waals surface area contributed by atoms with Crippen LogP contribution in [0.4, 0.5) is 34.3 Å². The highest BCUT2D eigenvalue weighted by molar-refractivity contribution is 7.25. The van der Waals surface area contributed by atoms with Crippen molar-refractivity contribution in [3.63, 3.8) is 0 Å². The number of benzene rings is 8. The van der Waals surface area contributed by atoms with Crippen molar-refractivity contribution in [2.45, 2.75) is 0 Å². The van der Waals surface area contributed by atoms with Crippen LogP contribution in [0.25, 0.3) is 52.8 Å². The van der Waals surface area contributed by atoms with Crippen LogP contribution in [-0.4, -0.2) is 4.98 Å². The predicted molar refractivity (Wildman–Crippen MR) is 227 cm³/mol. The molecule has 0 spiro atoms. The first kappa shape index (κ1) is 31.0. The van der Waals surface area contributed by atoms with Gasteiger partial charge in [0, 0.05) is 60.4 Å². The van der Waals surface area contributed by atoms with E-state index in [0.29, 0.717) is 0 Å². The topological polar surface area (TPSA) is 19.4 Å². The van der Waals surface area contributed by atoms with Gasteiger partial charge in [0.25, 0.3) is 0 Å². The molecule has 0 saturated carbocycles. The lowest BCUT2D eigenvalue weighted by Gasteiger charge is -2.29. The monoisotopic (exact) mass is 695 g/mol. The zero-order valence-electron chi connectivity index (χ0n) is 28.8. The van der Waals surface area contributed by atoms with Crippen LogP contribution in [0.1, 0.15) is 0 Å². The number of rotatable bonds is 7. The number of hydrogen-bond donors (Lipinski definition) is 0. The molecule has 0 N–H and O–H groups in total. The number of fused-ring (bicyclic) bond motifs is 6. The third-order valence-electron chi connectivity index (χ3n) is 10.0. The van der Waals surface area contributed by atoms with E-state index in [4.69, 9.17) is 4.98 Å². The molecule has 250 valence electrons. The van der Waals surface area contributed by atoms with Gasteiger partial charge in [-0.3, -0.25) is 4.90 Å². The molecule has 2 aromatic heterocycles. The molecule has 0 fully saturated rings. The van der Waals surface area contributed by atoms with Crippen molar-refractivity contribution in [2.24, 2.45) is 0 Å². The fraction of sp³-hybridized carbons (Fsp3) is 0. The summed E-state index contributed by atoms with van der Waals surface area (Å²) in [6, 6.07) is 69.4. The van der Waals surface area contributed by atoms with Gasteiger partial charge in [-0.25, -0.2) is 4.98 Å². The van der Waals surface area contributed by atoms with Crippen molar-refractivity contribution >= 4 is 87.3 Å². The lowest BCUT2D eigenvalue weighted by atomic mass is 9.99. The molecule has 10 rings (SSSR count). The van der Waals surface area contributed by atoms with Crippen molar-refractivity contribution in [1.29, 1.82) is 0 Å². The van der Waals surface area contributed by atoms with E-state index in [1.54, 1.807) is 0 Å². The number of aromatic nitrogens is 1. The Hall–Kier alpha value is -6.75. The van der Waals surface area contributed by atoms with Crippen LogP contribution in [0.15, 0.2) is 200 Å². The van der Waals surface area contributed by atoms with Crippen molar-refractivity contribution < 1.29 is 0 Å². The molecule has 53 heavy (non-hydrogen) atoms. The van der Waals surface area contributed by atoms with Gasteiger partial charge in [-0.1, -0.05) is 109 Å². The number of anilines is 6. The number of thiophene rings is 1. The summed E-state index contributed by atoms with van der Waals surface area (Å²) >= 11 is 1.87. The van der Waals surface area contributed by atoms with Crippen LogP contribution in [-0.2, 0) is 0 Å². The molecule has 0 saturated heterocycles. The molecule has 0 atom stereocenters. The van der Waals surface area contributed by atoms with Crippen molar-refractivity contribution in [2.75, 3.05) is 9.80 Å². The van der Waals surface area contributed by atoms with Crippen LogP contribution >= 0.6 is 11.3 Å². The SMILES string of the molecule is c1ccc(-c2ccc(N(c3ccccc3)c3cccc(N(c4ccccc4)c4ccc5ccc6cc7sc8ccccc8c7cc6c5c4)c3)nc2)cc1. The number of nitrogens with zero attached hydrogens (tertiary/aromatic N) is 3. The number of hydrogen-bond acceptors (Lipinski definition) is 4. The Morgan fingerprint density at radius 2 is 0.943 bits per heavy atom. The molecule has 0 aliphatic heterocycles. The summed E-state index contributed by atoms with van der Waals surface area (Å²) in [7, 11) is 0. The Balaban J connectivity index is 1.12. The summed E-state index contributed by atoms with van der Waals surface area (Å²) in [4.78, 5) is 9.60. The van der Waals surface area contributed by atoms with Crippen molar-refractivity contribution in [3.05, 3.63) is 200 Å². The average molecular weight is 696 g/mol. The minimum absolute atomic E-state index is 0.851. The van der Waals surface area contributed by atoms with E-state index in [-0.39, 0.29) is 0 Å². The summed E-state index contributed by atoms with van der Waals surface area (Å²) < 4.78 is 2.65. The highest BCUT2D eigenvalue weighted by Gasteiger charge is 2.19. The fourth-order valence-electron chi connectivity index (χ4n) is 7.51. The van der Waals surface area contributed by atoms with Gasteiger partial charge in [0.15, 0.2) is 0 Å². The second-order valence-electron chi connectivity index (χ2n) is 13.3. The first-order valence-corrected chi connectivity index (χ1v) is 18.7. The Labute approximate surface area is 312 Å². The van der Waals surface area contributed by atoms with Crippen LogP contribution < -0.4 is 9.80 Å². The first-order valence-electron chi connectivity index (χ1n) is 17.9. The first-order chi connectivity index (χ1) is 26.3. The van der Waals surface area contributed by atoms with Crippen molar-refractivity contribution in [1.82, 2.24) is 4.98 Å². The van der Waals surface area contributed by atoms with Gasteiger partial charge in [-0.15, -0.1) is 11.3 Å². The van der Waals surface area contributed by atoms with Gasteiger partial charge in [0.05, 0.1) is 0 Å². The van der Waals surface area contributed by atoms with Gasteiger partial charge in [-0.2, -0.15) is 0 Å². The van der Waals surface area contributed by atoms with E-state index in [1.807, 2.05) is 23.6 Å². The Kier molecular flexibility index (Phi) is 7.67.